The van der Waals surface area contributed by atoms with Crippen LogP contribution < -0.4 is 10.2 Å². The number of hydrogen-bond donors (Lipinski definition) is 1. The van der Waals surface area contributed by atoms with Gasteiger partial charge in [-0.1, -0.05) is 6.07 Å². The molecule has 1 fully saturated rings. The van der Waals surface area contributed by atoms with Gasteiger partial charge in [-0.3, -0.25) is 5.32 Å². The molecule has 1 aromatic carbocycles. The van der Waals surface area contributed by atoms with Crippen LogP contribution in [-0.2, 0) is 49.1 Å². The maximum Gasteiger partial charge on any atom is 0.412 e. The fourth-order valence-corrected chi connectivity index (χ4v) is 6.07. The summed E-state index contributed by atoms with van der Waals surface area (Å²) < 4.78 is 58.7. The standard InChI is InChI=1S/C27H35FN4O6S/c1-26(2,3)38-25(33)30-19-9-8-17-7-5-10-27(21(17)22(19)28)15-20-18(16-37-27)23(31-24(29-20)39(4,34)35)32-11-6-13-36-14-12-32/h8-9H,5-7,10-16H2,1-4H3,(H,30,33). The maximum absolute atomic E-state index is 16.1. The first-order chi connectivity index (χ1) is 18.4. The number of anilines is 2. The fourth-order valence-electron chi connectivity index (χ4n) is 5.54. The molecule has 1 amide bonds. The van der Waals surface area contributed by atoms with Crippen LogP contribution in [0, 0.1) is 5.82 Å². The molecule has 1 spiro atoms. The highest BCUT2D eigenvalue weighted by Gasteiger charge is 2.45. The largest absolute Gasteiger partial charge is 0.444 e. The van der Waals surface area contributed by atoms with Gasteiger partial charge in [-0.2, -0.15) is 0 Å². The first-order valence-corrected chi connectivity index (χ1v) is 15.1. The minimum Gasteiger partial charge on any atom is -0.444 e. The van der Waals surface area contributed by atoms with E-state index in [0.717, 1.165) is 24.7 Å². The molecule has 3 heterocycles. The number of aromatic nitrogens is 2. The first-order valence-electron chi connectivity index (χ1n) is 13.2. The van der Waals surface area contributed by atoms with Gasteiger partial charge in [0.25, 0.3) is 0 Å². The normalized spacial score (nSPS) is 21.6. The van der Waals surface area contributed by atoms with Crippen LogP contribution in [0.1, 0.15) is 62.4 Å². The predicted molar refractivity (Wildman–Crippen MR) is 142 cm³/mol. The molecule has 0 radical (unpaired) electrons. The quantitative estimate of drug-likeness (QED) is 0.556. The summed E-state index contributed by atoms with van der Waals surface area (Å²) in [6, 6.07) is 3.34. The summed E-state index contributed by atoms with van der Waals surface area (Å²) in [6.45, 7) is 7.66. The third kappa shape index (κ3) is 5.73. The molecule has 0 saturated carbocycles. The highest BCUT2D eigenvalue weighted by Crippen LogP contribution is 2.48. The molecule has 1 atom stereocenters. The number of rotatable bonds is 3. The monoisotopic (exact) mass is 562 g/mol. The van der Waals surface area contributed by atoms with E-state index in [9.17, 15) is 13.2 Å². The molecule has 5 rings (SSSR count). The Hall–Kier alpha value is -2.83. The Kier molecular flexibility index (Phi) is 7.32. The van der Waals surface area contributed by atoms with Gasteiger partial charge in [0.2, 0.25) is 15.0 Å². The van der Waals surface area contributed by atoms with Crippen LogP contribution in [0.15, 0.2) is 17.3 Å². The lowest BCUT2D eigenvalue weighted by Crippen LogP contribution is -2.42. The van der Waals surface area contributed by atoms with Crippen molar-refractivity contribution in [2.24, 2.45) is 0 Å². The van der Waals surface area contributed by atoms with Crippen molar-refractivity contribution in [3.63, 3.8) is 0 Å². The number of nitrogens with one attached hydrogen (secondary N) is 1. The van der Waals surface area contributed by atoms with Crippen molar-refractivity contribution in [2.45, 2.75) is 75.8 Å². The van der Waals surface area contributed by atoms with Gasteiger partial charge in [0.05, 0.1) is 24.6 Å². The molecule has 212 valence electrons. The Morgan fingerprint density at radius 1 is 1.18 bits per heavy atom. The Morgan fingerprint density at radius 3 is 2.72 bits per heavy atom. The van der Waals surface area contributed by atoms with E-state index in [4.69, 9.17) is 14.2 Å². The zero-order valence-corrected chi connectivity index (χ0v) is 23.6. The second kappa shape index (κ2) is 10.3. The summed E-state index contributed by atoms with van der Waals surface area (Å²) >= 11 is 0. The van der Waals surface area contributed by atoms with E-state index in [2.05, 4.69) is 15.3 Å². The molecule has 2 aliphatic heterocycles. The first kappa shape index (κ1) is 27.7. The number of ether oxygens (including phenoxy) is 3. The third-order valence-corrected chi connectivity index (χ3v) is 8.04. The molecular formula is C27H35FN4O6S. The van der Waals surface area contributed by atoms with Crippen molar-refractivity contribution in [2.75, 3.05) is 42.8 Å². The summed E-state index contributed by atoms with van der Waals surface area (Å²) in [7, 11) is -3.71. The topological polar surface area (TPSA) is 120 Å². The molecule has 1 aromatic heterocycles. The number of halogens is 1. The van der Waals surface area contributed by atoms with Crippen molar-refractivity contribution in [1.82, 2.24) is 9.97 Å². The van der Waals surface area contributed by atoms with Crippen LogP contribution in [0.3, 0.4) is 0 Å². The lowest BCUT2D eigenvalue weighted by Gasteiger charge is -2.43. The minimum atomic E-state index is -3.71. The second-order valence-corrected chi connectivity index (χ2v) is 13.3. The maximum atomic E-state index is 16.1. The van der Waals surface area contributed by atoms with Gasteiger partial charge in [0.15, 0.2) is 5.82 Å². The van der Waals surface area contributed by atoms with Crippen LogP contribution in [-0.4, -0.2) is 62.6 Å². The molecule has 39 heavy (non-hydrogen) atoms. The van der Waals surface area contributed by atoms with Gasteiger partial charge in [0, 0.05) is 43.5 Å². The predicted octanol–water partition coefficient (Wildman–Crippen LogP) is 3.90. The Labute approximate surface area is 228 Å². The molecule has 1 unspecified atom stereocenters. The van der Waals surface area contributed by atoms with Crippen molar-refractivity contribution < 1.29 is 31.8 Å². The molecule has 1 aliphatic carbocycles. The summed E-state index contributed by atoms with van der Waals surface area (Å²) in [4.78, 5) is 23.3. The molecule has 0 bridgehead atoms. The number of aryl methyl sites for hydroxylation is 1. The highest BCUT2D eigenvalue weighted by molar-refractivity contribution is 7.90. The van der Waals surface area contributed by atoms with Gasteiger partial charge in [-0.15, -0.1) is 0 Å². The summed E-state index contributed by atoms with van der Waals surface area (Å²) in [5, 5.41) is 2.28. The van der Waals surface area contributed by atoms with Gasteiger partial charge in [-0.05, 0) is 58.1 Å². The van der Waals surface area contributed by atoms with Crippen molar-refractivity contribution in [1.29, 1.82) is 0 Å². The van der Waals surface area contributed by atoms with E-state index in [0.29, 0.717) is 61.8 Å². The van der Waals surface area contributed by atoms with Crippen molar-refractivity contribution in [3.8, 4) is 0 Å². The molecular weight excluding hydrogens is 527 g/mol. The van der Waals surface area contributed by atoms with Crippen LogP contribution in [0.2, 0.25) is 0 Å². The number of nitrogens with zero attached hydrogens (tertiary/aromatic N) is 3. The number of carbonyl (C=O) groups is 1. The van der Waals surface area contributed by atoms with E-state index in [-0.39, 0.29) is 23.9 Å². The minimum absolute atomic E-state index is 0.00319. The summed E-state index contributed by atoms with van der Waals surface area (Å²) in [6.07, 6.45) is 3.25. The van der Waals surface area contributed by atoms with Crippen LogP contribution in [0.4, 0.5) is 20.7 Å². The number of fused-ring (bicyclic) bond motifs is 3. The van der Waals surface area contributed by atoms with Crippen molar-refractivity contribution >= 4 is 27.4 Å². The van der Waals surface area contributed by atoms with E-state index >= 15 is 4.39 Å². The smallest absolute Gasteiger partial charge is 0.412 e. The van der Waals surface area contributed by atoms with Crippen LogP contribution in [0.5, 0.6) is 0 Å². The summed E-state index contributed by atoms with van der Waals surface area (Å²) in [5.41, 5.74) is 0.624. The van der Waals surface area contributed by atoms with E-state index in [1.807, 2.05) is 4.90 Å². The van der Waals surface area contributed by atoms with Crippen molar-refractivity contribution in [3.05, 3.63) is 40.3 Å². The molecule has 10 nitrogen and oxygen atoms in total. The fraction of sp³-hybridized carbons (Fsp3) is 0.593. The molecule has 1 saturated heterocycles. The molecule has 2 aromatic rings. The Morgan fingerprint density at radius 2 is 1.97 bits per heavy atom. The number of benzene rings is 1. The molecule has 12 heteroatoms. The SMILES string of the molecule is CC(C)(C)OC(=O)Nc1ccc2c(c1F)C1(CCC2)Cc2nc(S(C)(=O)=O)nc(N3CCCOCC3)c2CO1. The van der Waals surface area contributed by atoms with Gasteiger partial charge >= 0.3 is 6.09 Å². The second-order valence-electron chi connectivity index (χ2n) is 11.4. The van der Waals surface area contributed by atoms with E-state index < -0.39 is 32.9 Å². The number of sulfone groups is 1. The average molecular weight is 563 g/mol. The zero-order valence-electron chi connectivity index (χ0n) is 22.8. The number of amides is 1. The lowest BCUT2D eigenvalue weighted by atomic mass is 9.74. The Bertz CT molecular complexity index is 1390. The van der Waals surface area contributed by atoms with Crippen LogP contribution >= 0.6 is 0 Å². The molecule has 3 aliphatic rings. The lowest BCUT2D eigenvalue weighted by molar-refractivity contribution is -0.0877. The zero-order chi connectivity index (χ0) is 28.0. The van der Waals surface area contributed by atoms with Gasteiger partial charge < -0.3 is 19.1 Å². The van der Waals surface area contributed by atoms with E-state index in [1.165, 1.54) is 6.07 Å². The average Bonchev–Trinajstić information content (AvgIpc) is 3.13. The highest BCUT2D eigenvalue weighted by atomic mass is 32.2. The van der Waals surface area contributed by atoms with Crippen LogP contribution in [0.25, 0.3) is 0 Å². The number of hydrogen-bond acceptors (Lipinski definition) is 9. The number of carbonyl (C=O) groups excluding carboxylic acids is 1. The van der Waals surface area contributed by atoms with Gasteiger partial charge in [0.1, 0.15) is 17.0 Å². The van der Waals surface area contributed by atoms with E-state index in [1.54, 1.807) is 26.8 Å². The Balaban J connectivity index is 1.56. The summed E-state index contributed by atoms with van der Waals surface area (Å²) in [5.74, 6) is -0.0542. The molecule has 1 N–H and O–H groups in total. The third-order valence-electron chi connectivity index (χ3n) is 7.20. The van der Waals surface area contributed by atoms with Gasteiger partial charge in [-0.25, -0.2) is 27.6 Å².